The second kappa shape index (κ2) is 6.05. The van der Waals surface area contributed by atoms with E-state index in [-0.39, 0.29) is 6.61 Å². The summed E-state index contributed by atoms with van der Waals surface area (Å²) < 4.78 is 0. The molecule has 9 heavy (non-hydrogen) atoms. The lowest BCUT2D eigenvalue weighted by molar-refractivity contribution is 0.153. The highest BCUT2D eigenvalue weighted by atomic mass is 16.3. The van der Waals surface area contributed by atoms with Crippen molar-refractivity contribution < 1.29 is 5.11 Å². The van der Waals surface area contributed by atoms with Crippen molar-refractivity contribution in [3.05, 3.63) is 0 Å². The van der Waals surface area contributed by atoms with Gasteiger partial charge in [-0.1, -0.05) is 13.3 Å². The Balaban J connectivity index is 2.95. The molecule has 1 radical (unpaired) electrons. The van der Waals surface area contributed by atoms with Gasteiger partial charge in [0.15, 0.2) is 0 Å². The number of rotatable bonds is 5. The van der Waals surface area contributed by atoms with Crippen molar-refractivity contribution in [1.82, 2.24) is 4.90 Å². The Morgan fingerprint density at radius 2 is 2.00 bits per heavy atom. The molecule has 0 saturated heterocycles. The average molecular weight is 130 g/mol. The third-order valence-electron chi connectivity index (χ3n) is 1.37. The first kappa shape index (κ1) is 8.92. The molecular weight excluding hydrogens is 114 g/mol. The Bertz CT molecular complexity index is 56.9. The molecule has 0 aromatic heterocycles. The molecule has 0 aliphatic rings. The first-order valence-corrected chi connectivity index (χ1v) is 3.58. The Kier molecular flexibility index (Phi) is 5.99. The number of unbranched alkanes of at least 4 members (excludes halogenated alkanes) is 1. The molecule has 0 amide bonds. The Hall–Kier alpha value is -0.0800. The van der Waals surface area contributed by atoms with Crippen LogP contribution in [0, 0.1) is 0 Å². The lowest BCUT2D eigenvalue weighted by atomic mass is 10.3. The Labute approximate surface area is 57.5 Å². The van der Waals surface area contributed by atoms with Crippen LogP contribution in [0.4, 0.5) is 0 Å². The molecular formula is C7H16NO. The summed E-state index contributed by atoms with van der Waals surface area (Å²) in [5.74, 6) is 0. The quantitative estimate of drug-likeness (QED) is 0.547. The van der Waals surface area contributed by atoms with Crippen molar-refractivity contribution >= 4 is 0 Å². The maximum atomic E-state index is 10.1. The van der Waals surface area contributed by atoms with Crippen LogP contribution in [-0.2, 0) is 5.11 Å². The van der Waals surface area contributed by atoms with Crippen LogP contribution < -0.4 is 0 Å². The largest absolute Gasteiger partial charge is 0.304 e. The summed E-state index contributed by atoms with van der Waals surface area (Å²) in [5.41, 5.74) is 0. The first-order valence-electron chi connectivity index (χ1n) is 3.58. The fourth-order valence-corrected chi connectivity index (χ4v) is 0.696. The van der Waals surface area contributed by atoms with Gasteiger partial charge in [-0.2, -0.15) is 0 Å². The summed E-state index contributed by atoms with van der Waals surface area (Å²) in [6, 6.07) is 0. The van der Waals surface area contributed by atoms with E-state index in [9.17, 15) is 5.11 Å². The van der Waals surface area contributed by atoms with E-state index in [0.29, 0.717) is 6.54 Å². The van der Waals surface area contributed by atoms with Gasteiger partial charge in [-0.25, -0.2) is 5.11 Å². The lowest BCUT2D eigenvalue weighted by Crippen LogP contribution is -2.22. The molecule has 0 spiro atoms. The third kappa shape index (κ3) is 5.80. The van der Waals surface area contributed by atoms with Crippen LogP contribution in [0.1, 0.15) is 19.8 Å². The van der Waals surface area contributed by atoms with Gasteiger partial charge in [-0.05, 0) is 20.0 Å². The van der Waals surface area contributed by atoms with Crippen molar-refractivity contribution in [1.29, 1.82) is 0 Å². The van der Waals surface area contributed by atoms with E-state index in [1.807, 2.05) is 7.05 Å². The van der Waals surface area contributed by atoms with Crippen molar-refractivity contribution in [3.63, 3.8) is 0 Å². The van der Waals surface area contributed by atoms with E-state index in [4.69, 9.17) is 0 Å². The smallest absolute Gasteiger partial charge is 0.0949 e. The van der Waals surface area contributed by atoms with Crippen molar-refractivity contribution in [2.75, 3.05) is 26.7 Å². The van der Waals surface area contributed by atoms with Crippen LogP contribution in [0.2, 0.25) is 0 Å². The van der Waals surface area contributed by atoms with Crippen LogP contribution in [0.25, 0.3) is 0 Å². The van der Waals surface area contributed by atoms with Gasteiger partial charge in [0.05, 0.1) is 6.61 Å². The zero-order chi connectivity index (χ0) is 7.11. The summed E-state index contributed by atoms with van der Waals surface area (Å²) in [4.78, 5) is 2.08. The second-order valence-electron chi connectivity index (χ2n) is 2.36. The van der Waals surface area contributed by atoms with Gasteiger partial charge in [-0.15, -0.1) is 0 Å². The van der Waals surface area contributed by atoms with E-state index in [1.165, 1.54) is 12.8 Å². The summed E-state index contributed by atoms with van der Waals surface area (Å²) in [6.45, 7) is 3.95. The molecule has 0 atom stereocenters. The highest BCUT2D eigenvalue weighted by Crippen LogP contribution is 1.89. The van der Waals surface area contributed by atoms with Gasteiger partial charge >= 0.3 is 0 Å². The molecule has 2 heteroatoms. The highest BCUT2D eigenvalue weighted by molar-refractivity contribution is 4.47. The molecule has 0 aliphatic heterocycles. The van der Waals surface area contributed by atoms with Crippen LogP contribution in [0.15, 0.2) is 0 Å². The monoisotopic (exact) mass is 130 g/mol. The molecule has 0 aromatic carbocycles. The third-order valence-corrected chi connectivity index (χ3v) is 1.37. The second-order valence-corrected chi connectivity index (χ2v) is 2.36. The molecule has 2 nitrogen and oxygen atoms in total. The minimum Gasteiger partial charge on any atom is -0.304 e. The lowest BCUT2D eigenvalue weighted by Gasteiger charge is -2.12. The van der Waals surface area contributed by atoms with Crippen LogP contribution in [0.5, 0.6) is 0 Å². The SMILES string of the molecule is CCCCN(C)CC[O]. The molecule has 0 fully saturated rings. The topological polar surface area (TPSA) is 23.1 Å². The van der Waals surface area contributed by atoms with Crippen LogP contribution >= 0.6 is 0 Å². The van der Waals surface area contributed by atoms with Gasteiger partial charge in [0.1, 0.15) is 0 Å². The molecule has 0 unspecified atom stereocenters. The summed E-state index contributed by atoms with van der Waals surface area (Å²) >= 11 is 0. The van der Waals surface area contributed by atoms with Gasteiger partial charge in [0.25, 0.3) is 0 Å². The molecule has 0 aromatic rings. The zero-order valence-electron chi connectivity index (χ0n) is 6.39. The fraction of sp³-hybridized carbons (Fsp3) is 1.00. The Morgan fingerprint density at radius 1 is 1.33 bits per heavy atom. The molecule has 0 saturated carbocycles. The molecule has 0 aliphatic carbocycles. The number of hydrogen-bond donors (Lipinski definition) is 0. The maximum Gasteiger partial charge on any atom is 0.0949 e. The predicted molar refractivity (Wildman–Crippen MR) is 38.0 cm³/mol. The van der Waals surface area contributed by atoms with Gasteiger partial charge < -0.3 is 4.90 Å². The van der Waals surface area contributed by atoms with Crippen LogP contribution in [0.3, 0.4) is 0 Å². The molecule has 0 rings (SSSR count). The standard InChI is InChI=1S/C7H16NO/c1-3-4-5-8(2)6-7-9/h3-7H2,1-2H3. The summed E-state index contributed by atoms with van der Waals surface area (Å²) in [7, 11) is 1.99. The van der Waals surface area contributed by atoms with Gasteiger partial charge in [0, 0.05) is 6.54 Å². The van der Waals surface area contributed by atoms with E-state index < -0.39 is 0 Å². The minimum atomic E-state index is 0.0280. The van der Waals surface area contributed by atoms with E-state index in [2.05, 4.69) is 11.8 Å². The Morgan fingerprint density at radius 3 is 2.44 bits per heavy atom. The van der Waals surface area contributed by atoms with E-state index >= 15 is 0 Å². The molecule has 55 valence electrons. The van der Waals surface area contributed by atoms with E-state index in [0.717, 1.165) is 6.54 Å². The normalized spacial score (nSPS) is 10.7. The average Bonchev–Trinajstić information content (AvgIpc) is 1.85. The molecule has 0 N–H and O–H groups in total. The number of hydrogen-bond acceptors (Lipinski definition) is 1. The van der Waals surface area contributed by atoms with Crippen molar-refractivity contribution in [2.45, 2.75) is 19.8 Å². The summed E-state index contributed by atoms with van der Waals surface area (Å²) in [6.07, 6.45) is 2.42. The predicted octanol–water partition coefficient (Wildman–Crippen LogP) is 1.15. The zero-order valence-corrected chi connectivity index (χ0v) is 6.39. The van der Waals surface area contributed by atoms with Gasteiger partial charge in [-0.3, -0.25) is 0 Å². The number of nitrogens with zero attached hydrogens (tertiary/aromatic N) is 1. The minimum absolute atomic E-state index is 0.0280. The molecule has 0 bridgehead atoms. The first-order chi connectivity index (χ1) is 4.31. The molecule has 0 heterocycles. The van der Waals surface area contributed by atoms with Gasteiger partial charge in [0.2, 0.25) is 0 Å². The maximum absolute atomic E-state index is 10.1. The van der Waals surface area contributed by atoms with E-state index in [1.54, 1.807) is 0 Å². The highest BCUT2D eigenvalue weighted by Gasteiger charge is 1.93. The number of likely N-dealkylation sites (N-methyl/N-ethyl adjacent to an activating group) is 1. The van der Waals surface area contributed by atoms with Crippen LogP contribution in [-0.4, -0.2) is 31.6 Å². The van der Waals surface area contributed by atoms with Crippen molar-refractivity contribution in [3.8, 4) is 0 Å². The summed E-state index contributed by atoms with van der Waals surface area (Å²) in [5, 5.41) is 10.1. The van der Waals surface area contributed by atoms with Crippen molar-refractivity contribution in [2.24, 2.45) is 0 Å². The fourth-order valence-electron chi connectivity index (χ4n) is 0.696.